The molecular formula is C22H20N2O5S. The molecule has 0 amide bonds. The standard InChI is InChI=1S/C22H20N2O5S/c1-14-17(23-20(29-14)15-7-3-2-4-8-15)11-12-28-21(16-9-5-6-10-18(16)25)24-19(26)13-30-22(24)27/h2-10,13,21,25-26H,11-12H2,1H3. The van der Waals surface area contributed by atoms with Crippen molar-refractivity contribution < 1.29 is 19.4 Å². The van der Waals surface area contributed by atoms with Crippen molar-refractivity contribution in [3.8, 4) is 23.1 Å². The summed E-state index contributed by atoms with van der Waals surface area (Å²) >= 11 is 0.862. The fourth-order valence-electron chi connectivity index (χ4n) is 3.16. The van der Waals surface area contributed by atoms with Crippen LogP contribution in [-0.2, 0) is 11.2 Å². The van der Waals surface area contributed by atoms with Gasteiger partial charge in [-0.05, 0) is 25.1 Å². The molecular weight excluding hydrogens is 404 g/mol. The van der Waals surface area contributed by atoms with Crippen LogP contribution in [0.4, 0.5) is 0 Å². The van der Waals surface area contributed by atoms with Gasteiger partial charge in [0, 0.05) is 17.5 Å². The van der Waals surface area contributed by atoms with Gasteiger partial charge in [-0.2, -0.15) is 0 Å². The lowest BCUT2D eigenvalue weighted by Crippen LogP contribution is -2.23. The molecule has 0 aliphatic rings. The van der Waals surface area contributed by atoms with Crippen LogP contribution in [0.3, 0.4) is 0 Å². The van der Waals surface area contributed by atoms with E-state index in [2.05, 4.69) is 4.98 Å². The quantitative estimate of drug-likeness (QED) is 0.464. The highest BCUT2D eigenvalue weighted by molar-refractivity contribution is 7.07. The second kappa shape index (κ2) is 8.56. The van der Waals surface area contributed by atoms with Crippen LogP contribution in [0.5, 0.6) is 11.6 Å². The fraction of sp³-hybridized carbons (Fsp3) is 0.182. The molecule has 0 fully saturated rings. The second-order valence-corrected chi connectivity index (χ2v) is 7.47. The molecule has 2 aromatic carbocycles. The minimum atomic E-state index is -0.967. The smallest absolute Gasteiger partial charge is 0.312 e. The molecule has 4 aromatic rings. The maximum atomic E-state index is 12.2. The lowest BCUT2D eigenvalue weighted by atomic mass is 10.1. The van der Waals surface area contributed by atoms with Gasteiger partial charge in [0.2, 0.25) is 11.8 Å². The minimum Gasteiger partial charge on any atom is -0.507 e. The number of aromatic hydroxyl groups is 2. The molecule has 0 aliphatic carbocycles. The predicted octanol–water partition coefficient (Wildman–Crippen LogP) is 4.09. The summed E-state index contributed by atoms with van der Waals surface area (Å²) in [7, 11) is 0. The van der Waals surface area contributed by atoms with Crippen molar-refractivity contribution in [2.24, 2.45) is 0 Å². The Bertz CT molecular complexity index is 1200. The van der Waals surface area contributed by atoms with Crippen LogP contribution in [-0.4, -0.2) is 26.4 Å². The molecule has 0 radical (unpaired) electrons. The monoisotopic (exact) mass is 424 g/mol. The predicted molar refractivity (Wildman–Crippen MR) is 113 cm³/mol. The van der Waals surface area contributed by atoms with E-state index in [1.165, 1.54) is 11.4 Å². The van der Waals surface area contributed by atoms with Crippen LogP contribution in [0.25, 0.3) is 11.5 Å². The SMILES string of the molecule is Cc1oc(-c2ccccc2)nc1CCOC(c1ccccc1O)n1c(O)csc1=O. The number of aryl methyl sites for hydroxylation is 1. The van der Waals surface area contributed by atoms with Crippen molar-refractivity contribution in [3.05, 3.63) is 86.7 Å². The van der Waals surface area contributed by atoms with Gasteiger partial charge in [0.05, 0.1) is 17.7 Å². The van der Waals surface area contributed by atoms with Gasteiger partial charge in [-0.3, -0.25) is 4.79 Å². The number of thiazole rings is 1. The molecule has 1 atom stereocenters. The lowest BCUT2D eigenvalue weighted by molar-refractivity contribution is 0.0261. The second-order valence-electron chi connectivity index (χ2n) is 6.65. The minimum absolute atomic E-state index is 0.0241. The summed E-state index contributed by atoms with van der Waals surface area (Å²) in [6.07, 6.45) is -0.530. The Labute approximate surface area is 176 Å². The third-order valence-corrected chi connectivity index (χ3v) is 5.40. The van der Waals surface area contributed by atoms with E-state index in [-0.39, 0.29) is 23.1 Å². The number of hydrogen-bond donors (Lipinski definition) is 2. The zero-order chi connectivity index (χ0) is 21.1. The number of oxazole rings is 1. The van der Waals surface area contributed by atoms with Crippen LogP contribution in [0.2, 0.25) is 0 Å². The van der Waals surface area contributed by atoms with Crippen LogP contribution in [0, 0.1) is 6.92 Å². The number of phenolic OH excluding ortho intramolecular Hbond substituents is 1. The average molecular weight is 424 g/mol. The number of ether oxygens (including phenoxy) is 1. The van der Waals surface area contributed by atoms with Gasteiger partial charge < -0.3 is 19.4 Å². The van der Waals surface area contributed by atoms with Crippen LogP contribution in [0.1, 0.15) is 23.2 Å². The summed E-state index contributed by atoms with van der Waals surface area (Å²) in [4.78, 5) is 16.4. The molecule has 0 bridgehead atoms. The van der Waals surface area contributed by atoms with E-state index in [1.807, 2.05) is 37.3 Å². The van der Waals surface area contributed by atoms with E-state index >= 15 is 0 Å². The number of rotatable bonds is 7. The molecule has 8 heteroatoms. The van der Waals surface area contributed by atoms with Gasteiger partial charge in [0.1, 0.15) is 11.5 Å². The number of para-hydroxylation sites is 1. The molecule has 4 rings (SSSR count). The summed E-state index contributed by atoms with van der Waals surface area (Å²) in [6, 6.07) is 16.2. The highest BCUT2D eigenvalue weighted by Crippen LogP contribution is 2.31. The van der Waals surface area contributed by atoms with Gasteiger partial charge in [-0.15, -0.1) is 0 Å². The van der Waals surface area contributed by atoms with E-state index in [0.29, 0.717) is 23.6 Å². The largest absolute Gasteiger partial charge is 0.507 e. The highest BCUT2D eigenvalue weighted by atomic mass is 32.1. The Hall–Kier alpha value is -3.36. The zero-order valence-electron chi connectivity index (χ0n) is 16.2. The fourth-order valence-corrected chi connectivity index (χ4v) is 3.78. The summed E-state index contributed by atoms with van der Waals surface area (Å²) in [6.45, 7) is 2.03. The molecule has 0 saturated heterocycles. The van der Waals surface area contributed by atoms with E-state index in [1.54, 1.807) is 18.2 Å². The third kappa shape index (κ3) is 4.00. The first-order chi connectivity index (χ1) is 14.5. The molecule has 2 aromatic heterocycles. The Morgan fingerprint density at radius 2 is 1.87 bits per heavy atom. The van der Waals surface area contributed by atoms with Crippen molar-refractivity contribution in [1.82, 2.24) is 9.55 Å². The molecule has 2 N–H and O–H groups in total. The van der Waals surface area contributed by atoms with Gasteiger partial charge in [-0.25, -0.2) is 9.55 Å². The van der Waals surface area contributed by atoms with Crippen LogP contribution >= 0.6 is 11.3 Å². The Balaban J connectivity index is 1.55. The molecule has 154 valence electrons. The first kappa shape index (κ1) is 19.9. The van der Waals surface area contributed by atoms with Gasteiger partial charge in [0.15, 0.2) is 6.23 Å². The van der Waals surface area contributed by atoms with E-state index < -0.39 is 6.23 Å². The molecule has 0 spiro atoms. The van der Waals surface area contributed by atoms with Crippen molar-refractivity contribution in [2.75, 3.05) is 6.61 Å². The summed E-state index contributed by atoms with van der Waals surface area (Å²) in [5.41, 5.74) is 2.01. The summed E-state index contributed by atoms with van der Waals surface area (Å²) in [5.74, 6) is 0.977. The molecule has 7 nitrogen and oxygen atoms in total. The molecule has 2 heterocycles. The summed E-state index contributed by atoms with van der Waals surface area (Å²) in [5, 5.41) is 21.7. The summed E-state index contributed by atoms with van der Waals surface area (Å²) < 4.78 is 12.8. The number of phenols is 1. The first-order valence-corrected chi connectivity index (χ1v) is 10.2. The molecule has 30 heavy (non-hydrogen) atoms. The lowest BCUT2D eigenvalue weighted by Gasteiger charge is -2.20. The average Bonchev–Trinajstić information content (AvgIpc) is 3.29. The van der Waals surface area contributed by atoms with E-state index in [0.717, 1.165) is 27.2 Å². The van der Waals surface area contributed by atoms with Gasteiger partial charge >= 0.3 is 4.87 Å². The van der Waals surface area contributed by atoms with Crippen molar-refractivity contribution in [2.45, 2.75) is 19.6 Å². The normalized spacial score (nSPS) is 12.2. The first-order valence-electron chi connectivity index (χ1n) is 9.35. The Morgan fingerprint density at radius 3 is 2.57 bits per heavy atom. The van der Waals surface area contributed by atoms with Crippen LogP contribution < -0.4 is 4.87 Å². The van der Waals surface area contributed by atoms with Crippen molar-refractivity contribution >= 4 is 11.3 Å². The number of hydrogen-bond acceptors (Lipinski definition) is 7. The van der Waals surface area contributed by atoms with Gasteiger partial charge in [-0.1, -0.05) is 47.7 Å². The van der Waals surface area contributed by atoms with Crippen molar-refractivity contribution in [1.29, 1.82) is 0 Å². The maximum absolute atomic E-state index is 12.2. The Kier molecular flexibility index (Phi) is 5.69. The molecule has 0 aliphatic heterocycles. The van der Waals surface area contributed by atoms with E-state index in [9.17, 15) is 15.0 Å². The molecule has 1 unspecified atom stereocenters. The number of aromatic nitrogens is 2. The Morgan fingerprint density at radius 1 is 1.13 bits per heavy atom. The van der Waals surface area contributed by atoms with E-state index in [4.69, 9.17) is 9.15 Å². The number of benzene rings is 2. The maximum Gasteiger partial charge on any atom is 0.312 e. The van der Waals surface area contributed by atoms with Gasteiger partial charge in [0.25, 0.3) is 0 Å². The van der Waals surface area contributed by atoms with Crippen LogP contribution in [0.15, 0.2) is 69.2 Å². The third-order valence-electron chi connectivity index (χ3n) is 4.67. The number of nitrogens with zero attached hydrogens (tertiary/aromatic N) is 2. The topological polar surface area (TPSA) is 97.7 Å². The molecule has 0 saturated carbocycles. The highest BCUT2D eigenvalue weighted by Gasteiger charge is 2.23. The van der Waals surface area contributed by atoms with Crippen molar-refractivity contribution in [3.63, 3.8) is 0 Å². The zero-order valence-corrected chi connectivity index (χ0v) is 17.0.